The molecular weight excluding hydrogens is 516 g/mol. The van der Waals surface area contributed by atoms with Gasteiger partial charge in [0.25, 0.3) is 5.69 Å². The summed E-state index contributed by atoms with van der Waals surface area (Å²) >= 11 is 9.79. The van der Waals surface area contributed by atoms with Crippen molar-refractivity contribution in [2.24, 2.45) is 7.05 Å². The fourth-order valence-corrected chi connectivity index (χ4v) is 5.42. The zero-order valence-electron chi connectivity index (χ0n) is 18.9. The molecule has 1 N–H and O–H groups in total. The van der Waals surface area contributed by atoms with Crippen molar-refractivity contribution >= 4 is 45.6 Å². The zero-order valence-corrected chi connectivity index (χ0v) is 21.2. The van der Waals surface area contributed by atoms with Crippen LogP contribution in [0.15, 0.2) is 59.5 Å². The Labute approximate surface area is 212 Å². The largest absolute Gasteiger partial charge is 0.340 e. The minimum Gasteiger partial charge on any atom is -0.340 e. The first kappa shape index (κ1) is 23.0. The second-order valence-corrected chi connectivity index (χ2v) is 10.2. The van der Waals surface area contributed by atoms with Gasteiger partial charge < -0.3 is 4.90 Å². The third-order valence-corrected chi connectivity index (χ3v) is 7.23. The fourth-order valence-electron chi connectivity index (χ4n) is 4.80. The second-order valence-electron chi connectivity index (χ2n) is 8.82. The van der Waals surface area contributed by atoms with Crippen molar-refractivity contribution < 1.29 is 19.3 Å². The maximum Gasteiger partial charge on any atom is 0.262 e. The highest BCUT2D eigenvalue weighted by molar-refractivity contribution is 9.10. The van der Waals surface area contributed by atoms with E-state index in [4.69, 9.17) is 11.6 Å². The lowest BCUT2D eigenvalue weighted by Gasteiger charge is -2.38. The van der Waals surface area contributed by atoms with Crippen LogP contribution >= 0.6 is 27.5 Å². The van der Waals surface area contributed by atoms with Crippen LogP contribution in [0, 0.1) is 0 Å². The molecule has 1 fully saturated rings. The van der Waals surface area contributed by atoms with E-state index in [1.54, 1.807) is 6.20 Å². The Morgan fingerprint density at radius 3 is 2.53 bits per heavy atom. The predicted octanol–water partition coefficient (Wildman–Crippen LogP) is 3.41. The summed E-state index contributed by atoms with van der Waals surface area (Å²) < 4.78 is 3.97. The summed E-state index contributed by atoms with van der Waals surface area (Å²) in [6, 6.07) is 11.7. The fraction of sp³-hybridized carbons (Fsp3) is 0.269. The van der Waals surface area contributed by atoms with E-state index < -0.39 is 0 Å². The first-order valence-corrected chi connectivity index (χ1v) is 12.4. The van der Waals surface area contributed by atoms with Gasteiger partial charge in [-0.05, 0) is 56.9 Å². The molecule has 1 unspecified atom stereocenters. The van der Waals surface area contributed by atoms with Gasteiger partial charge in [-0.25, -0.2) is 4.57 Å². The first-order valence-electron chi connectivity index (χ1n) is 11.3. The summed E-state index contributed by atoms with van der Waals surface area (Å²) in [5.74, 6) is 0.143. The molecule has 8 heteroatoms. The number of carbonyl (C=O) groups excluding carboxylic acids is 1. The number of amides is 1. The average molecular weight is 542 g/mol. The van der Waals surface area contributed by atoms with E-state index in [9.17, 15) is 10.0 Å². The van der Waals surface area contributed by atoms with Gasteiger partial charge in [-0.15, -0.1) is 0 Å². The molecule has 34 heavy (non-hydrogen) atoms. The number of hydrogen-bond donors (Lipinski definition) is 1. The molecule has 3 heterocycles. The number of benzene rings is 1. The van der Waals surface area contributed by atoms with Crippen LogP contribution in [0.2, 0.25) is 5.02 Å². The highest BCUT2D eigenvalue weighted by Crippen LogP contribution is 2.37. The SMILES string of the molecule is C[n+]1ccc(CC(=O)N2CCN(C3c4ccc(Cl)cc4C=Cc4cc(Br)c[n+](O)c43)CC2)cc1. The van der Waals surface area contributed by atoms with E-state index in [-0.39, 0.29) is 11.9 Å². The van der Waals surface area contributed by atoms with Crippen LogP contribution < -0.4 is 9.30 Å². The highest BCUT2D eigenvalue weighted by atomic mass is 79.9. The van der Waals surface area contributed by atoms with Crippen LogP contribution in [-0.4, -0.2) is 47.1 Å². The Balaban J connectivity index is 1.40. The molecule has 6 nitrogen and oxygen atoms in total. The Morgan fingerprint density at radius 1 is 1.09 bits per heavy atom. The molecule has 2 aliphatic rings. The number of aryl methyl sites for hydroxylation is 1. The van der Waals surface area contributed by atoms with Crippen molar-refractivity contribution in [1.29, 1.82) is 0 Å². The summed E-state index contributed by atoms with van der Waals surface area (Å²) in [7, 11) is 1.97. The van der Waals surface area contributed by atoms with Crippen LogP contribution in [0.4, 0.5) is 0 Å². The van der Waals surface area contributed by atoms with Gasteiger partial charge in [0.2, 0.25) is 12.1 Å². The molecule has 0 spiro atoms. The lowest BCUT2D eigenvalue weighted by Crippen LogP contribution is -2.52. The molecule has 0 bridgehead atoms. The number of fused-ring (bicyclic) bond motifs is 2. The molecule has 3 aromatic rings. The van der Waals surface area contributed by atoms with Crippen molar-refractivity contribution in [2.45, 2.75) is 12.5 Å². The van der Waals surface area contributed by atoms with Gasteiger partial charge in [-0.2, -0.15) is 0 Å². The Kier molecular flexibility index (Phi) is 6.42. The number of hydrogen-bond acceptors (Lipinski definition) is 3. The highest BCUT2D eigenvalue weighted by Gasteiger charge is 2.38. The van der Waals surface area contributed by atoms with Crippen molar-refractivity contribution in [3.8, 4) is 0 Å². The summed E-state index contributed by atoms with van der Waals surface area (Å²) in [5.41, 5.74) is 4.87. The van der Waals surface area contributed by atoms with Crippen LogP contribution in [0.3, 0.4) is 0 Å². The van der Waals surface area contributed by atoms with Gasteiger partial charge in [0, 0.05) is 53.6 Å². The summed E-state index contributed by atoms with van der Waals surface area (Å²) in [6.07, 6.45) is 10.1. The van der Waals surface area contributed by atoms with E-state index in [0.29, 0.717) is 37.6 Å². The quantitative estimate of drug-likeness (QED) is 0.408. The van der Waals surface area contributed by atoms with Gasteiger partial charge >= 0.3 is 0 Å². The minimum atomic E-state index is -0.165. The van der Waals surface area contributed by atoms with Gasteiger partial charge in [0.15, 0.2) is 12.4 Å². The Morgan fingerprint density at radius 2 is 1.79 bits per heavy atom. The molecule has 1 aromatic carbocycles. The molecule has 1 amide bonds. The monoisotopic (exact) mass is 540 g/mol. The molecule has 2 aromatic heterocycles. The first-order chi connectivity index (χ1) is 16.4. The minimum absolute atomic E-state index is 0.143. The molecule has 0 radical (unpaired) electrons. The van der Waals surface area contributed by atoms with Crippen LogP contribution in [-0.2, 0) is 18.3 Å². The third kappa shape index (κ3) is 4.60. The molecule has 174 valence electrons. The van der Waals surface area contributed by atoms with Crippen molar-refractivity contribution in [2.75, 3.05) is 26.2 Å². The number of piperazine rings is 1. The molecule has 1 aliphatic heterocycles. The van der Waals surface area contributed by atoms with Crippen LogP contribution in [0.1, 0.15) is 34.0 Å². The standard InChI is InChI=1S/C26H26BrClN4O2/c1-29-8-6-18(7-9-29)14-24(33)30-10-12-31(13-11-30)26-23-5-4-22(28)16-19(23)2-3-20-15-21(27)17-32(34)25(20)26/h2-9,15-17,26,34H,10-14H2,1H3/q+2. The number of nitrogens with zero attached hydrogens (tertiary/aromatic N) is 4. The number of pyridine rings is 2. The smallest absolute Gasteiger partial charge is 0.262 e. The molecule has 1 atom stereocenters. The van der Waals surface area contributed by atoms with Crippen LogP contribution in [0.25, 0.3) is 12.2 Å². The summed E-state index contributed by atoms with van der Waals surface area (Å²) in [5, 5.41) is 11.6. The third-order valence-electron chi connectivity index (χ3n) is 6.56. The van der Waals surface area contributed by atoms with Crippen molar-refractivity contribution in [3.63, 3.8) is 0 Å². The normalized spacial score (nSPS) is 17.7. The maximum atomic E-state index is 12.9. The Hall–Kier alpha value is -2.74. The Bertz CT molecular complexity index is 1270. The van der Waals surface area contributed by atoms with Gasteiger partial charge in [0.1, 0.15) is 13.1 Å². The average Bonchev–Trinajstić information content (AvgIpc) is 2.97. The van der Waals surface area contributed by atoms with E-state index >= 15 is 0 Å². The van der Waals surface area contributed by atoms with Crippen molar-refractivity contribution in [3.05, 3.63) is 92.4 Å². The summed E-state index contributed by atoms with van der Waals surface area (Å²) in [6.45, 7) is 2.70. The lowest BCUT2D eigenvalue weighted by atomic mass is 9.95. The maximum absolute atomic E-state index is 12.9. The molecule has 1 aliphatic carbocycles. The van der Waals surface area contributed by atoms with Gasteiger partial charge in [-0.1, -0.05) is 23.7 Å². The van der Waals surface area contributed by atoms with Gasteiger partial charge in [0.05, 0.1) is 10.9 Å². The van der Waals surface area contributed by atoms with Crippen LogP contribution in [0.5, 0.6) is 0 Å². The molecule has 0 saturated carbocycles. The topological polar surface area (TPSA) is 51.5 Å². The van der Waals surface area contributed by atoms with E-state index in [2.05, 4.69) is 20.8 Å². The number of carbonyl (C=O) groups is 1. The summed E-state index contributed by atoms with van der Waals surface area (Å²) in [4.78, 5) is 17.2. The zero-order chi connectivity index (χ0) is 23.8. The van der Waals surface area contributed by atoms with Crippen molar-refractivity contribution in [1.82, 2.24) is 9.80 Å². The predicted molar refractivity (Wildman–Crippen MR) is 133 cm³/mol. The molecule has 1 saturated heterocycles. The number of rotatable bonds is 3. The second kappa shape index (κ2) is 9.49. The molecular formula is C26H26BrClN4O2+2. The van der Waals surface area contributed by atoms with E-state index in [1.807, 2.05) is 77.5 Å². The van der Waals surface area contributed by atoms with Gasteiger partial charge in [-0.3, -0.25) is 14.9 Å². The van der Waals surface area contributed by atoms with E-state index in [0.717, 1.165) is 32.4 Å². The number of halogens is 2. The lowest BCUT2D eigenvalue weighted by molar-refractivity contribution is -0.911. The van der Waals surface area contributed by atoms with E-state index in [1.165, 1.54) is 4.73 Å². The molecule has 5 rings (SSSR count). The number of aromatic nitrogens is 2.